The van der Waals surface area contributed by atoms with Gasteiger partial charge in [-0.3, -0.25) is 0 Å². The van der Waals surface area contributed by atoms with E-state index in [9.17, 15) is 8.78 Å². The van der Waals surface area contributed by atoms with E-state index in [1.165, 1.54) is 12.1 Å². The molecule has 24 heavy (non-hydrogen) atoms. The fourth-order valence-corrected chi connectivity index (χ4v) is 2.80. The average molecular weight is 333 g/mol. The normalized spacial score (nSPS) is 15.6. The van der Waals surface area contributed by atoms with Gasteiger partial charge in [0.25, 0.3) is 0 Å². The van der Waals surface area contributed by atoms with E-state index in [2.05, 4.69) is 32.0 Å². The molecule has 0 spiro atoms. The molecule has 5 nitrogen and oxygen atoms in total. The summed E-state index contributed by atoms with van der Waals surface area (Å²) in [5.41, 5.74) is 0.191. The first-order valence-corrected chi connectivity index (χ1v) is 8.10. The lowest BCUT2D eigenvalue weighted by Crippen LogP contribution is -2.46. The number of benzene rings is 1. The molecule has 1 aliphatic rings. The van der Waals surface area contributed by atoms with E-state index >= 15 is 0 Å². The van der Waals surface area contributed by atoms with Gasteiger partial charge >= 0.3 is 0 Å². The number of hydrogen-bond donors (Lipinski definition) is 1. The average Bonchev–Trinajstić information content (AvgIpc) is 2.57. The van der Waals surface area contributed by atoms with Crippen LogP contribution >= 0.6 is 0 Å². The molecule has 128 valence electrons. The fourth-order valence-electron chi connectivity index (χ4n) is 2.80. The summed E-state index contributed by atoms with van der Waals surface area (Å²) in [6, 6.07) is 5.23. The summed E-state index contributed by atoms with van der Waals surface area (Å²) in [5.74, 6) is 0.676. The van der Waals surface area contributed by atoms with Crippen molar-refractivity contribution in [2.45, 2.75) is 13.8 Å². The van der Waals surface area contributed by atoms with Gasteiger partial charge in [-0.1, -0.05) is 6.92 Å². The Labute approximate surface area is 140 Å². The predicted molar refractivity (Wildman–Crippen MR) is 90.7 cm³/mol. The number of likely N-dealkylation sites (N-methyl/N-ethyl adjacent to an activating group) is 1. The zero-order valence-corrected chi connectivity index (χ0v) is 13.9. The number of halogens is 2. The molecule has 0 amide bonds. The Hall–Kier alpha value is -2.28. The largest absolute Gasteiger partial charge is 0.354 e. The Kier molecular flexibility index (Phi) is 4.89. The van der Waals surface area contributed by atoms with Crippen LogP contribution in [0.2, 0.25) is 0 Å². The second-order valence-electron chi connectivity index (χ2n) is 5.83. The van der Waals surface area contributed by atoms with Crippen molar-refractivity contribution in [3.63, 3.8) is 0 Å². The first-order chi connectivity index (χ1) is 11.5. The molecule has 1 N–H and O–H groups in total. The number of piperazine rings is 1. The van der Waals surface area contributed by atoms with Gasteiger partial charge in [-0.2, -0.15) is 0 Å². The van der Waals surface area contributed by atoms with Gasteiger partial charge in [-0.15, -0.1) is 0 Å². The molecule has 1 fully saturated rings. The van der Waals surface area contributed by atoms with Gasteiger partial charge in [0.05, 0.1) is 5.69 Å². The molecule has 0 saturated carbocycles. The summed E-state index contributed by atoms with van der Waals surface area (Å²) >= 11 is 0. The first-order valence-electron chi connectivity index (χ1n) is 8.10. The molecule has 0 aliphatic carbocycles. The van der Waals surface area contributed by atoms with Gasteiger partial charge in [-0.05, 0) is 25.6 Å². The molecule has 0 unspecified atom stereocenters. The summed E-state index contributed by atoms with van der Waals surface area (Å²) in [7, 11) is 0. The van der Waals surface area contributed by atoms with Crippen LogP contribution in [0.1, 0.15) is 12.7 Å². The molecule has 2 heterocycles. The van der Waals surface area contributed by atoms with Crippen LogP contribution < -0.4 is 10.2 Å². The predicted octanol–water partition coefficient (Wildman–Crippen LogP) is 2.95. The third-order valence-corrected chi connectivity index (χ3v) is 4.16. The van der Waals surface area contributed by atoms with Gasteiger partial charge in [-0.25, -0.2) is 18.7 Å². The number of nitrogens with zero attached hydrogens (tertiary/aromatic N) is 4. The SMILES string of the molecule is CCN1CCN(c2cc(Nc3ccc(F)cc3F)nc(C)n2)CC1. The van der Waals surface area contributed by atoms with E-state index in [0.717, 1.165) is 44.6 Å². The lowest BCUT2D eigenvalue weighted by molar-refractivity contribution is 0.270. The summed E-state index contributed by atoms with van der Waals surface area (Å²) in [4.78, 5) is 13.4. The molecule has 1 aliphatic heterocycles. The Bertz CT molecular complexity index is 714. The zero-order valence-electron chi connectivity index (χ0n) is 13.9. The minimum atomic E-state index is -0.649. The summed E-state index contributed by atoms with van der Waals surface area (Å²) < 4.78 is 26.8. The number of rotatable bonds is 4. The van der Waals surface area contributed by atoms with Crippen LogP contribution in [0.25, 0.3) is 0 Å². The Morgan fingerprint density at radius 3 is 2.50 bits per heavy atom. The highest BCUT2D eigenvalue weighted by molar-refractivity contribution is 5.60. The van der Waals surface area contributed by atoms with E-state index in [1.807, 2.05) is 0 Å². The minimum Gasteiger partial charge on any atom is -0.354 e. The van der Waals surface area contributed by atoms with Gasteiger partial charge in [0.15, 0.2) is 0 Å². The monoisotopic (exact) mass is 333 g/mol. The van der Waals surface area contributed by atoms with Crippen molar-refractivity contribution in [2.75, 3.05) is 42.9 Å². The summed E-state index contributed by atoms with van der Waals surface area (Å²) in [5, 5.41) is 2.91. The minimum absolute atomic E-state index is 0.191. The van der Waals surface area contributed by atoms with Gasteiger partial charge < -0.3 is 15.1 Å². The van der Waals surface area contributed by atoms with Crippen LogP contribution in [0, 0.1) is 18.6 Å². The Morgan fingerprint density at radius 2 is 1.83 bits per heavy atom. The van der Waals surface area contributed by atoms with Gasteiger partial charge in [0.2, 0.25) is 0 Å². The molecule has 3 rings (SSSR count). The number of aryl methyl sites for hydroxylation is 1. The first kappa shape index (κ1) is 16.6. The Balaban J connectivity index is 1.79. The molecule has 0 bridgehead atoms. The second-order valence-corrected chi connectivity index (χ2v) is 5.83. The van der Waals surface area contributed by atoms with Crippen LogP contribution in [0.3, 0.4) is 0 Å². The van der Waals surface area contributed by atoms with E-state index in [-0.39, 0.29) is 5.69 Å². The molecule has 1 aromatic carbocycles. The fraction of sp³-hybridized carbons (Fsp3) is 0.412. The van der Waals surface area contributed by atoms with E-state index in [0.29, 0.717) is 11.6 Å². The van der Waals surface area contributed by atoms with E-state index < -0.39 is 11.6 Å². The summed E-state index contributed by atoms with van der Waals surface area (Å²) in [6.45, 7) is 8.79. The van der Waals surface area contributed by atoms with Crippen LogP contribution in [-0.2, 0) is 0 Å². The van der Waals surface area contributed by atoms with Crippen LogP contribution in [0.5, 0.6) is 0 Å². The number of hydrogen-bond acceptors (Lipinski definition) is 5. The number of nitrogens with one attached hydrogen (secondary N) is 1. The van der Waals surface area contributed by atoms with Gasteiger partial charge in [0.1, 0.15) is 29.1 Å². The topological polar surface area (TPSA) is 44.3 Å². The van der Waals surface area contributed by atoms with E-state index in [1.54, 1.807) is 13.0 Å². The highest BCUT2D eigenvalue weighted by Crippen LogP contribution is 2.23. The standard InChI is InChI=1S/C17H21F2N5/c1-3-23-6-8-24(9-7-23)17-11-16(20-12(2)21-17)22-15-5-4-13(18)10-14(15)19/h4-5,10-11H,3,6-9H2,1-2H3,(H,20,21,22). The van der Waals surface area contributed by atoms with Crippen LogP contribution in [0.4, 0.5) is 26.1 Å². The maximum absolute atomic E-state index is 13.8. The smallest absolute Gasteiger partial charge is 0.149 e. The van der Waals surface area contributed by atoms with Crippen molar-refractivity contribution >= 4 is 17.3 Å². The highest BCUT2D eigenvalue weighted by Gasteiger charge is 2.18. The number of aromatic nitrogens is 2. The van der Waals surface area contributed by atoms with E-state index in [4.69, 9.17) is 0 Å². The lowest BCUT2D eigenvalue weighted by atomic mass is 10.3. The third-order valence-electron chi connectivity index (χ3n) is 4.16. The third kappa shape index (κ3) is 3.79. The lowest BCUT2D eigenvalue weighted by Gasteiger charge is -2.34. The zero-order chi connectivity index (χ0) is 17.1. The molecule has 0 radical (unpaired) electrons. The highest BCUT2D eigenvalue weighted by atomic mass is 19.1. The van der Waals surface area contributed by atoms with Crippen molar-refractivity contribution in [1.29, 1.82) is 0 Å². The Morgan fingerprint density at radius 1 is 1.08 bits per heavy atom. The molecule has 2 aromatic rings. The van der Waals surface area contributed by atoms with Crippen molar-refractivity contribution in [3.05, 3.63) is 41.7 Å². The van der Waals surface area contributed by atoms with Crippen molar-refractivity contribution < 1.29 is 8.78 Å². The van der Waals surface area contributed by atoms with Crippen molar-refractivity contribution in [2.24, 2.45) is 0 Å². The number of anilines is 3. The van der Waals surface area contributed by atoms with Crippen LogP contribution in [-0.4, -0.2) is 47.6 Å². The van der Waals surface area contributed by atoms with Gasteiger partial charge in [0, 0.05) is 38.3 Å². The molecule has 1 saturated heterocycles. The molecular formula is C17H21F2N5. The maximum atomic E-state index is 13.8. The molecular weight excluding hydrogens is 312 g/mol. The second kappa shape index (κ2) is 7.09. The molecule has 7 heteroatoms. The van der Waals surface area contributed by atoms with Crippen LogP contribution in [0.15, 0.2) is 24.3 Å². The molecule has 0 atom stereocenters. The quantitative estimate of drug-likeness (QED) is 0.932. The summed E-state index contributed by atoms with van der Waals surface area (Å²) in [6.07, 6.45) is 0. The van der Waals surface area contributed by atoms with Crippen molar-refractivity contribution in [3.8, 4) is 0 Å². The van der Waals surface area contributed by atoms with Crippen molar-refractivity contribution in [1.82, 2.24) is 14.9 Å². The molecule has 1 aromatic heterocycles. The maximum Gasteiger partial charge on any atom is 0.149 e.